The van der Waals surface area contributed by atoms with Crippen LogP contribution in [-0.2, 0) is 5.75 Å². The Bertz CT molecular complexity index is 424. The van der Waals surface area contributed by atoms with E-state index in [-0.39, 0.29) is 6.61 Å². The average Bonchev–Trinajstić information content (AvgIpc) is 2.90. The molecule has 1 aromatic carbocycles. The second kappa shape index (κ2) is 7.51. The molecule has 0 bridgehead atoms. The molecule has 0 radical (unpaired) electrons. The zero-order valence-corrected chi connectivity index (χ0v) is 11.5. The van der Waals surface area contributed by atoms with Gasteiger partial charge in [-0.2, -0.15) is 11.8 Å². The van der Waals surface area contributed by atoms with Crippen molar-refractivity contribution in [1.29, 1.82) is 0 Å². The van der Waals surface area contributed by atoms with Gasteiger partial charge in [0, 0.05) is 11.3 Å². The summed E-state index contributed by atoms with van der Waals surface area (Å²) >= 11 is 2.04. The van der Waals surface area contributed by atoms with E-state index in [4.69, 9.17) is 5.11 Å². The van der Waals surface area contributed by atoms with Gasteiger partial charge in [0.15, 0.2) is 0 Å². The van der Waals surface area contributed by atoms with Gasteiger partial charge in [-0.15, -0.1) is 0 Å². The first kappa shape index (κ1) is 13.5. The molecule has 1 aliphatic rings. The van der Waals surface area contributed by atoms with Crippen molar-refractivity contribution in [2.24, 2.45) is 5.92 Å². The number of aliphatic hydroxyl groups is 1. The number of hydrogen-bond donors (Lipinski definition) is 1. The molecule has 2 rings (SSSR count). The predicted octanol–water partition coefficient (Wildman–Crippen LogP) is 3.45. The summed E-state index contributed by atoms with van der Waals surface area (Å²) < 4.78 is 0. The Kier molecular flexibility index (Phi) is 5.64. The first-order valence-corrected chi connectivity index (χ1v) is 7.80. The van der Waals surface area contributed by atoms with Crippen molar-refractivity contribution in [3.05, 3.63) is 35.4 Å². The van der Waals surface area contributed by atoms with E-state index in [0.29, 0.717) is 0 Å². The van der Waals surface area contributed by atoms with Crippen LogP contribution in [0.3, 0.4) is 0 Å². The molecule has 18 heavy (non-hydrogen) atoms. The molecule has 1 aromatic rings. The van der Waals surface area contributed by atoms with E-state index in [9.17, 15) is 0 Å². The van der Waals surface area contributed by atoms with E-state index >= 15 is 0 Å². The van der Waals surface area contributed by atoms with Crippen LogP contribution in [0, 0.1) is 17.8 Å². The molecule has 1 N–H and O–H groups in total. The molecule has 0 aromatic heterocycles. The topological polar surface area (TPSA) is 20.2 Å². The fourth-order valence-electron chi connectivity index (χ4n) is 2.40. The molecule has 1 saturated carbocycles. The summed E-state index contributed by atoms with van der Waals surface area (Å²) in [7, 11) is 0. The largest absolute Gasteiger partial charge is 0.384 e. The molecule has 0 aliphatic heterocycles. The summed E-state index contributed by atoms with van der Waals surface area (Å²) in [4.78, 5) is 0. The van der Waals surface area contributed by atoms with Gasteiger partial charge in [-0.3, -0.25) is 0 Å². The summed E-state index contributed by atoms with van der Waals surface area (Å²) in [5.74, 6) is 8.97. The van der Waals surface area contributed by atoms with Gasteiger partial charge in [0.25, 0.3) is 0 Å². The van der Waals surface area contributed by atoms with E-state index in [1.165, 1.54) is 37.0 Å². The lowest BCUT2D eigenvalue weighted by Gasteiger charge is -2.08. The van der Waals surface area contributed by atoms with Crippen LogP contribution >= 0.6 is 11.8 Å². The smallest absolute Gasteiger partial charge is 0.104 e. The van der Waals surface area contributed by atoms with Crippen molar-refractivity contribution in [1.82, 2.24) is 0 Å². The quantitative estimate of drug-likeness (QED) is 0.837. The van der Waals surface area contributed by atoms with Crippen LogP contribution in [0.4, 0.5) is 0 Å². The maximum absolute atomic E-state index is 8.68. The summed E-state index contributed by atoms with van der Waals surface area (Å²) in [6, 6.07) is 8.33. The molecule has 0 atom stereocenters. The number of hydrogen-bond acceptors (Lipinski definition) is 2. The van der Waals surface area contributed by atoms with Crippen LogP contribution in [0.1, 0.15) is 36.8 Å². The van der Waals surface area contributed by atoms with Gasteiger partial charge < -0.3 is 5.11 Å². The molecule has 1 fully saturated rings. The number of thioether (sulfide) groups is 1. The molecule has 96 valence electrons. The summed E-state index contributed by atoms with van der Waals surface area (Å²) in [5, 5.41) is 8.68. The van der Waals surface area contributed by atoms with Gasteiger partial charge in [0.2, 0.25) is 0 Å². The van der Waals surface area contributed by atoms with Gasteiger partial charge >= 0.3 is 0 Å². The van der Waals surface area contributed by atoms with Crippen molar-refractivity contribution >= 4 is 11.8 Å². The molecular weight excluding hydrogens is 240 g/mol. The number of rotatable bonds is 4. The Hall–Kier alpha value is -0.910. The van der Waals surface area contributed by atoms with E-state index in [1.54, 1.807) is 0 Å². The zero-order chi connectivity index (χ0) is 12.6. The summed E-state index contributed by atoms with van der Waals surface area (Å²) in [6.45, 7) is -0.0688. The lowest BCUT2D eigenvalue weighted by atomic mass is 10.1. The van der Waals surface area contributed by atoms with Crippen LogP contribution < -0.4 is 0 Å². The Balaban J connectivity index is 1.81. The first-order chi connectivity index (χ1) is 8.88. The molecule has 1 aliphatic carbocycles. The normalized spacial score (nSPS) is 15.4. The van der Waals surface area contributed by atoms with Gasteiger partial charge in [-0.05, 0) is 42.2 Å². The van der Waals surface area contributed by atoms with E-state index < -0.39 is 0 Å². The second-order valence-electron chi connectivity index (χ2n) is 4.83. The van der Waals surface area contributed by atoms with Crippen LogP contribution in [0.25, 0.3) is 0 Å². The third-order valence-electron chi connectivity index (χ3n) is 3.34. The third kappa shape index (κ3) is 4.40. The Morgan fingerprint density at radius 3 is 2.89 bits per heavy atom. The minimum atomic E-state index is -0.0688. The highest BCUT2D eigenvalue weighted by Crippen LogP contribution is 2.29. The van der Waals surface area contributed by atoms with Crippen LogP contribution in [0.5, 0.6) is 0 Å². The van der Waals surface area contributed by atoms with Crippen LogP contribution in [0.15, 0.2) is 24.3 Å². The predicted molar refractivity (Wildman–Crippen MR) is 78.5 cm³/mol. The van der Waals surface area contributed by atoms with Crippen molar-refractivity contribution in [3.63, 3.8) is 0 Å². The van der Waals surface area contributed by atoms with Crippen molar-refractivity contribution in [2.45, 2.75) is 31.4 Å². The molecule has 0 heterocycles. The Morgan fingerprint density at radius 2 is 2.11 bits per heavy atom. The van der Waals surface area contributed by atoms with Crippen LogP contribution in [-0.4, -0.2) is 17.5 Å². The van der Waals surface area contributed by atoms with Gasteiger partial charge in [-0.1, -0.05) is 36.8 Å². The second-order valence-corrected chi connectivity index (χ2v) is 5.86. The lowest BCUT2D eigenvalue weighted by molar-refractivity contribution is 0.350. The minimum absolute atomic E-state index is 0.0688. The van der Waals surface area contributed by atoms with E-state index in [1.807, 2.05) is 23.9 Å². The Morgan fingerprint density at radius 1 is 1.28 bits per heavy atom. The van der Waals surface area contributed by atoms with Crippen LogP contribution in [0.2, 0.25) is 0 Å². The van der Waals surface area contributed by atoms with Gasteiger partial charge in [-0.25, -0.2) is 0 Å². The fourth-order valence-corrected chi connectivity index (χ4v) is 3.60. The standard InChI is InChI=1S/C16H20OS/c17-10-4-9-14-7-3-8-16(11-14)13-18-12-15-5-1-2-6-15/h3,7-8,11,15,17H,1-2,5-6,10,12-13H2. The molecule has 2 heteroatoms. The molecule has 0 unspecified atom stereocenters. The maximum Gasteiger partial charge on any atom is 0.104 e. The van der Waals surface area contributed by atoms with E-state index in [2.05, 4.69) is 24.0 Å². The monoisotopic (exact) mass is 260 g/mol. The minimum Gasteiger partial charge on any atom is -0.384 e. The summed E-state index contributed by atoms with van der Waals surface area (Å²) in [6.07, 6.45) is 5.71. The van der Waals surface area contributed by atoms with Gasteiger partial charge in [0.1, 0.15) is 6.61 Å². The third-order valence-corrected chi connectivity index (χ3v) is 4.58. The number of aliphatic hydroxyl groups excluding tert-OH is 1. The summed E-state index contributed by atoms with van der Waals surface area (Å²) in [5.41, 5.74) is 2.34. The first-order valence-electron chi connectivity index (χ1n) is 6.65. The highest BCUT2D eigenvalue weighted by atomic mass is 32.2. The van der Waals surface area contributed by atoms with Crippen molar-refractivity contribution < 1.29 is 5.11 Å². The average molecular weight is 260 g/mol. The highest BCUT2D eigenvalue weighted by Gasteiger charge is 2.14. The fraction of sp³-hybridized carbons (Fsp3) is 0.500. The zero-order valence-electron chi connectivity index (χ0n) is 10.7. The maximum atomic E-state index is 8.68. The van der Waals surface area contributed by atoms with Crippen molar-refractivity contribution in [2.75, 3.05) is 12.4 Å². The molecule has 0 amide bonds. The van der Waals surface area contributed by atoms with E-state index in [0.717, 1.165) is 17.2 Å². The molecule has 0 spiro atoms. The Labute approximate surface area is 114 Å². The SMILES string of the molecule is OCC#Cc1cccc(CSCC2CCCC2)c1. The highest BCUT2D eigenvalue weighted by molar-refractivity contribution is 7.98. The molecule has 0 saturated heterocycles. The van der Waals surface area contributed by atoms with Gasteiger partial charge in [0.05, 0.1) is 0 Å². The molecule has 1 nitrogen and oxygen atoms in total. The lowest BCUT2D eigenvalue weighted by Crippen LogP contribution is -1.97. The van der Waals surface area contributed by atoms with Crippen molar-refractivity contribution in [3.8, 4) is 11.8 Å². The number of benzene rings is 1. The molecular formula is C16H20OS.